The molecule has 0 aliphatic carbocycles. The van der Waals surface area contributed by atoms with Crippen LogP contribution in [0.15, 0.2) is 57.9 Å². The lowest BCUT2D eigenvalue weighted by molar-refractivity contribution is -0.385. The molecule has 1 amide bonds. The van der Waals surface area contributed by atoms with E-state index in [-0.39, 0.29) is 29.9 Å². The molecule has 0 fully saturated rings. The van der Waals surface area contributed by atoms with E-state index in [1.165, 1.54) is 35.2 Å². The zero-order valence-electron chi connectivity index (χ0n) is 14.4. The molecule has 0 saturated carbocycles. The van der Waals surface area contributed by atoms with Crippen molar-refractivity contribution in [2.45, 2.75) is 13.5 Å². The standard InChI is InChI=1S/C18H16N4O5/c1-12-4-5-13(11-15(12)22(25)26)18(24)19-8-9-21-17(23)7-6-14(20-21)16-3-2-10-27-16/h2-7,10-11H,8-9H2,1H3,(H,19,24). The minimum absolute atomic E-state index is 0.119. The van der Waals surface area contributed by atoms with Crippen molar-refractivity contribution >= 4 is 11.6 Å². The van der Waals surface area contributed by atoms with Gasteiger partial charge in [0.05, 0.1) is 17.7 Å². The number of carbonyl (C=O) groups is 1. The van der Waals surface area contributed by atoms with Gasteiger partial charge in [0.25, 0.3) is 17.2 Å². The molecule has 9 heteroatoms. The third-order valence-corrected chi connectivity index (χ3v) is 3.92. The van der Waals surface area contributed by atoms with Crippen molar-refractivity contribution in [2.24, 2.45) is 0 Å². The zero-order chi connectivity index (χ0) is 19.4. The van der Waals surface area contributed by atoms with Crippen molar-refractivity contribution in [1.82, 2.24) is 15.1 Å². The number of amides is 1. The number of furan rings is 1. The van der Waals surface area contributed by atoms with E-state index in [9.17, 15) is 19.7 Å². The third kappa shape index (κ3) is 4.09. The number of nitro benzene ring substituents is 1. The molecule has 0 spiro atoms. The summed E-state index contributed by atoms with van der Waals surface area (Å²) >= 11 is 0. The predicted molar refractivity (Wildman–Crippen MR) is 96.4 cm³/mol. The molecule has 9 nitrogen and oxygen atoms in total. The molecule has 1 N–H and O–H groups in total. The van der Waals surface area contributed by atoms with Gasteiger partial charge in [-0.3, -0.25) is 19.7 Å². The second-order valence-corrected chi connectivity index (χ2v) is 5.77. The maximum absolute atomic E-state index is 12.2. The van der Waals surface area contributed by atoms with E-state index in [1.54, 1.807) is 25.1 Å². The van der Waals surface area contributed by atoms with Gasteiger partial charge in [-0.25, -0.2) is 4.68 Å². The fourth-order valence-corrected chi connectivity index (χ4v) is 2.49. The lowest BCUT2D eigenvalue weighted by Crippen LogP contribution is -2.32. The third-order valence-electron chi connectivity index (χ3n) is 3.92. The topological polar surface area (TPSA) is 120 Å². The first-order chi connectivity index (χ1) is 13.0. The molecular formula is C18H16N4O5. The summed E-state index contributed by atoms with van der Waals surface area (Å²) in [4.78, 5) is 34.6. The first-order valence-electron chi connectivity index (χ1n) is 8.11. The number of nitrogens with zero attached hydrogens (tertiary/aromatic N) is 3. The molecular weight excluding hydrogens is 352 g/mol. The Labute approximate surface area is 153 Å². The van der Waals surface area contributed by atoms with Crippen LogP contribution in [0.3, 0.4) is 0 Å². The SMILES string of the molecule is Cc1ccc(C(=O)NCCn2nc(-c3ccco3)ccc2=O)cc1[N+](=O)[O-]. The lowest BCUT2D eigenvalue weighted by Gasteiger charge is -2.08. The Morgan fingerprint density at radius 2 is 2.11 bits per heavy atom. The smallest absolute Gasteiger partial charge is 0.273 e. The van der Waals surface area contributed by atoms with Crippen LogP contribution >= 0.6 is 0 Å². The van der Waals surface area contributed by atoms with Gasteiger partial charge in [-0.1, -0.05) is 6.07 Å². The van der Waals surface area contributed by atoms with Gasteiger partial charge < -0.3 is 9.73 Å². The van der Waals surface area contributed by atoms with E-state index >= 15 is 0 Å². The summed E-state index contributed by atoms with van der Waals surface area (Å²) in [6.45, 7) is 1.88. The normalized spacial score (nSPS) is 10.6. The number of carbonyl (C=O) groups excluding carboxylic acids is 1. The van der Waals surface area contributed by atoms with E-state index in [2.05, 4.69) is 10.4 Å². The molecule has 2 aromatic heterocycles. The fraction of sp³-hybridized carbons (Fsp3) is 0.167. The number of rotatable bonds is 6. The van der Waals surface area contributed by atoms with Crippen LogP contribution in [-0.4, -0.2) is 27.2 Å². The van der Waals surface area contributed by atoms with Gasteiger partial charge in [-0.2, -0.15) is 5.10 Å². The van der Waals surface area contributed by atoms with Crippen molar-refractivity contribution in [3.05, 3.63) is 80.3 Å². The van der Waals surface area contributed by atoms with Gasteiger partial charge in [-0.15, -0.1) is 0 Å². The van der Waals surface area contributed by atoms with Gasteiger partial charge in [0.15, 0.2) is 5.76 Å². The minimum Gasteiger partial charge on any atom is -0.463 e. The highest BCUT2D eigenvalue weighted by molar-refractivity contribution is 5.94. The van der Waals surface area contributed by atoms with Crippen molar-refractivity contribution in [1.29, 1.82) is 0 Å². The summed E-state index contributed by atoms with van der Waals surface area (Å²) in [5, 5.41) is 17.8. The monoisotopic (exact) mass is 368 g/mol. The first kappa shape index (κ1) is 18.1. The molecule has 3 aromatic rings. The highest BCUT2D eigenvalue weighted by Crippen LogP contribution is 2.19. The lowest BCUT2D eigenvalue weighted by atomic mass is 10.1. The Kier molecular flexibility index (Phi) is 5.11. The maximum Gasteiger partial charge on any atom is 0.273 e. The Morgan fingerprint density at radius 3 is 2.81 bits per heavy atom. The maximum atomic E-state index is 12.2. The van der Waals surface area contributed by atoms with Gasteiger partial charge in [-0.05, 0) is 31.2 Å². The van der Waals surface area contributed by atoms with Crippen molar-refractivity contribution in [3.63, 3.8) is 0 Å². The quantitative estimate of drug-likeness (QED) is 0.526. The Balaban J connectivity index is 1.67. The Bertz CT molecular complexity index is 1040. The van der Waals surface area contributed by atoms with E-state index in [4.69, 9.17) is 4.42 Å². The molecule has 1 aromatic carbocycles. The number of aryl methyl sites for hydroxylation is 1. The van der Waals surface area contributed by atoms with E-state index in [0.29, 0.717) is 17.0 Å². The van der Waals surface area contributed by atoms with E-state index in [1.807, 2.05) is 0 Å². The van der Waals surface area contributed by atoms with Gasteiger partial charge in [0.2, 0.25) is 0 Å². The molecule has 0 aliphatic rings. The second-order valence-electron chi connectivity index (χ2n) is 5.77. The van der Waals surface area contributed by atoms with Crippen LogP contribution in [0, 0.1) is 17.0 Å². The first-order valence-corrected chi connectivity index (χ1v) is 8.11. The predicted octanol–water partition coefficient (Wildman–Crippen LogP) is 2.15. The largest absolute Gasteiger partial charge is 0.463 e. The molecule has 0 radical (unpaired) electrons. The fourth-order valence-electron chi connectivity index (χ4n) is 2.49. The number of hydrogen-bond donors (Lipinski definition) is 1. The minimum atomic E-state index is -0.532. The highest BCUT2D eigenvalue weighted by atomic mass is 16.6. The van der Waals surface area contributed by atoms with Crippen LogP contribution in [0.5, 0.6) is 0 Å². The van der Waals surface area contributed by atoms with Gasteiger partial charge in [0.1, 0.15) is 5.69 Å². The summed E-state index contributed by atoms with van der Waals surface area (Å²) < 4.78 is 6.47. The van der Waals surface area contributed by atoms with Crippen LogP contribution in [0.4, 0.5) is 5.69 Å². The molecule has 3 rings (SSSR count). The number of nitro groups is 1. The van der Waals surface area contributed by atoms with Crippen LogP contribution in [0.1, 0.15) is 15.9 Å². The number of hydrogen-bond acceptors (Lipinski definition) is 6. The Hall–Kier alpha value is -3.75. The van der Waals surface area contributed by atoms with Crippen LogP contribution in [0.25, 0.3) is 11.5 Å². The van der Waals surface area contributed by atoms with Gasteiger partial charge >= 0.3 is 0 Å². The summed E-state index contributed by atoms with van der Waals surface area (Å²) in [5.41, 5.74) is 0.719. The average molecular weight is 368 g/mol. The van der Waals surface area contributed by atoms with Crippen molar-refractivity contribution in [2.75, 3.05) is 6.54 Å². The van der Waals surface area contributed by atoms with Crippen LogP contribution in [0.2, 0.25) is 0 Å². The number of aromatic nitrogens is 2. The molecule has 0 aliphatic heterocycles. The molecule has 0 bridgehead atoms. The van der Waals surface area contributed by atoms with Crippen molar-refractivity contribution in [3.8, 4) is 11.5 Å². The molecule has 0 unspecified atom stereocenters. The molecule has 2 heterocycles. The Morgan fingerprint density at radius 1 is 1.30 bits per heavy atom. The summed E-state index contributed by atoms with van der Waals surface area (Å²) in [5.74, 6) is 0.0630. The van der Waals surface area contributed by atoms with Crippen LogP contribution in [-0.2, 0) is 6.54 Å². The number of nitrogens with one attached hydrogen (secondary N) is 1. The summed E-state index contributed by atoms with van der Waals surface area (Å²) in [6, 6.07) is 10.6. The highest BCUT2D eigenvalue weighted by Gasteiger charge is 2.15. The molecule has 0 saturated heterocycles. The average Bonchev–Trinajstić information content (AvgIpc) is 3.18. The zero-order valence-corrected chi connectivity index (χ0v) is 14.4. The summed E-state index contributed by atoms with van der Waals surface area (Å²) in [7, 11) is 0. The van der Waals surface area contributed by atoms with Gasteiger partial charge in [0, 0.05) is 29.8 Å². The molecule has 138 valence electrons. The second kappa shape index (κ2) is 7.65. The molecule has 27 heavy (non-hydrogen) atoms. The van der Waals surface area contributed by atoms with Crippen LogP contribution < -0.4 is 10.9 Å². The van der Waals surface area contributed by atoms with E-state index in [0.717, 1.165) is 0 Å². The number of benzene rings is 1. The van der Waals surface area contributed by atoms with Crippen molar-refractivity contribution < 1.29 is 14.1 Å². The molecule has 0 atom stereocenters. The summed E-state index contributed by atoms with van der Waals surface area (Å²) in [6.07, 6.45) is 1.51. The van der Waals surface area contributed by atoms with E-state index < -0.39 is 10.8 Å².